The maximum Gasteiger partial charge on any atom is 0.261 e. The molecule has 1 unspecified atom stereocenters. The summed E-state index contributed by atoms with van der Waals surface area (Å²) in [6, 6.07) is 9.92. The Morgan fingerprint density at radius 1 is 1.25 bits per heavy atom. The van der Waals surface area contributed by atoms with Crippen molar-refractivity contribution in [1.82, 2.24) is 10.2 Å². The quantitative estimate of drug-likeness (QED) is 0.902. The summed E-state index contributed by atoms with van der Waals surface area (Å²) in [6.07, 6.45) is 2.10. The number of nitrogens with zero attached hydrogens (tertiary/aromatic N) is 1. The highest BCUT2D eigenvalue weighted by Crippen LogP contribution is 2.32. The topological polar surface area (TPSA) is 49.4 Å². The predicted molar refractivity (Wildman–Crippen MR) is 91.4 cm³/mol. The average molecular weight is 346 g/mol. The molecule has 2 aromatic rings. The number of hydrogen-bond acceptors (Lipinski definition) is 3. The second kappa shape index (κ2) is 7.57. The van der Waals surface area contributed by atoms with E-state index in [1.807, 2.05) is 16.3 Å². The van der Waals surface area contributed by atoms with Crippen LogP contribution in [0.4, 0.5) is 4.39 Å². The molecule has 2 heterocycles. The largest absolute Gasteiger partial charge is 0.351 e. The minimum absolute atomic E-state index is 0.00565. The van der Waals surface area contributed by atoms with Gasteiger partial charge in [-0.25, -0.2) is 4.39 Å². The molecule has 1 aromatic carbocycles. The van der Waals surface area contributed by atoms with Gasteiger partial charge in [-0.05, 0) is 42.0 Å². The summed E-state index contributed by atoms with van der Waals surface area (Å²) in [5.74, 6) is -0.395. The minimum Gasteiger partial charge on any atom is -0.351 e. The van der Waals surface area contributed by atoms with Crippen LogP contribution < -0.4 is 5.32 Å². The number of benzene rings is 1. The van der Waals surface area contributed by atoms with Crippen LogP contribution in [0.25, 0.3) is 0 Å². The number of rotatable bonds is 5. The summed E-state index contributed by atoms with van der Waals surface area (Å²) >= 11 is 1.38. The summed E-state index contributed by atoms with van der Waals surface area (Å²) in [4.78, 5) is 26.8. The highest BCUT2D eigenvalue weighted by atomic mass is 32.1. The lowest BCUT2D eigenvalue weighted by atomic mass is 10.0. The maximum atomic E-state index is 13.1. The van der Waals surface area contributed by atoms with Crippen LogP contribution >= 0.6 is 11.3 Å². The second-order valence-electron chi connectivity index (χ2n) is 5.78. The average Bonchev–Trinajstić information content (AvgIpc) is 3.27. The fraction of sp³-hybridized carbons (Fsp3) is 0.333. The van der Waals surface area contributed by atoms with E-state index in [-0.39, 0.29) is 30.1 Å². The lowest BCUT2D eigenvalue weighted by molar-refractivity contribution is -0.132. The lowest BCUT2D eigenvalue weighted by Crippen LogP contribution is -2.34. The zero-order chi connectivity index (χ0) is 16.9. The Morgan fingerprint density at radius 3 is 2.75 bits per heavy atom. The van der Waals surface area contributed by atoms with Crippen LogP contribution in [0.15, 0.2) is 41.8 Å². The molecule has 2 amide bonds. The summed E-state index contributed by atoms with van der Waals surface area (Å²) in [5.41, 5.74) is 0.963. The third-order valence-corrected chi connectivity index (χ3v) is 5.07. The molecule has 6 heteroatoms. The van der Waals surface area contributed by atoms with Crippen LogP contribution in [-0.4, -0.2) is 29.8 Å². The smallest absolute Gasteiger partial charge is 0.261 e. The molecule has 0 bridgehead atoms. The lowest BCUT2D eigenvalue weighted by Gasteiger charge is -2.25. The predicted octanol–water partition coefficient (Wildman–Crippen LogP) is 3.37. The van der Waals surface area contributed by atoms with Crippen LogP contribution in [-0.2, 0) is 4.79 Å². The van der Waals surface area contributed by atoms with Crippen molar-refractivity contribution in [1.29, 1.82) is 0 Å². The van der Waals surface area contributed by atoms with Gasteiger partial charge in [0, 0.05) is 19.5 Å². The van der Waals surface area contributed by atoms with E-state index in [1.54, 1.807) is 18.2 Å². The zero-order valence-corrected chi connectivity index (χ0v) is 14.0. The normalized spacial score (nSPS) is 17.0. The van der Waals surface area contributed by atoms with Crippen molar-refractivity contribution in [3.8, 4) is 0 Å². The Morgan fingerprint density at radius 2 is 2.04 bits per heavy atom. The molecule has 0 spiro atoms. The van der Waals surface area contributed by atoms with Gasteiger partial charge in [0.1, 0.15) is 5.82 Å². The molecule has 1 aromatic heterocycles. The SMILES string of the molecule is O=C(NCCC(=O)N1CCCC1c1ccc(F)cc1)c1cccs1. The molecule has 3 rings (SSSR count). The number of carbonyl (C=O) groups is 2. The van der Waals surface area contributed by atoms with E-state index in [0.717, 1.165) is 18.4 Å². The van der Waals surface area contributed by atoms with Crippen molar-refractivity contribution in [2.45, 2.75) is 25.3 Å². The third kappa shape index (κ3) is 3.82. The van der Waals surface area contributed by atoms with E-state index in [4.69, 9.17) is 0 Å². The van der Waals surface area contributed by atoms with Crippen molar-refractivity contribution in [3.63, 3.8) is 0 Å². The van der Waals surface area contributed by atoms with E-state index >= 15 is 0 Å². The monoisotopic (exact) mass is 346 g/mol. The Bertz CT molecular complexity index is 700. The highest BCUT2D eigenvalue weighted by molar-refractivity contribution is 7.12. The van der Waals surface area contributed by atoms with E-state index in [0.29, 0.717) is 18.0 Å². The van der Waals surface area contributed by atoms with Gasteiger partial charge in [0.15, 0.2) is 0 Å². The fourth-order valence-electron chi connectivity index (χ4n) is 3.02. The standard InChI is InChI=1S/C18H19FN2O2S/c19-14-7-5-13(6-8-14)15-3-1-11-21(15)17(22)9-10-20-18(23)16-4-2-12-24-16/h2,4-8,12,15H,1,3,9-11H2,(H,20,23). The van der Waals surface area contributed by atoms with Crippen molar-refractivity contribution in [2.24, 2.45) is 0 Å². The van der Waals surface area contributed by atoms with Crippen LogP contribution in [0.3, 0.4) is 0 Å². The van der Waals surface area contributed by atoms with E-state index < -0.39 is 0 Å². The van der Waals surface area contributed by atoms with Crippen LogP contribution in [0.5, 0.6) is 0 Å². The summed E-state index contributed by atoms with van der Waals surface area (Å²) in [7, 11) is 0. The van der Waals surface area contributed by atoms with E-state index in [2.05, 4.69) is 5.32 Å². The first-order valence-electron chi connectivity index (χ1n) is 8.02. The molecule has 1 atom stereocenters. The van der Waals surface area contributed by atoms with Crippen molar-refractivity contribution < 1.29 is 14.0 Å². The molecule has 1 aliphatic heterocycles. The third-order valence-electron chi connectivity index (χ3n) is 4.20. The number of nitrogens with one attached hydrogen (secondary N) is 1. The number of amides is 2. The fourth-order valence-corrected chi connectivity index (χ4v) is 3.66. The number of carbonyl (C=O) groups excluding carboxylic acids is 2. The minimum atomic E-state index is -0.272. The van der Waals surface area contributed by atoms with Gasteiger partial charge in [0.05, 0.1) is 10.9 Å². The molecule has 0 aliphatic carbocycles. The van der Waals surface area contributed by atoms with Gasteiger partial charge in [0.25, 0.3) is 5.91 Å². The molecule has 1 aliphatic rings. The number of likely N-dealkylation sites (tertiary alicyclic amines) is 1. The molecule has 0 radical (unpaired) electrons. The van der Waals surface area contributed by atoms with Crippen LogP contribution in [0, 0.1) is 5.82 Å². The molecule has 126 valence electrons. The van der Waals surface area contributed by atoms with Crippen molar-refractivity contribution in [3.05, 3.63) is 58.0 Å². The maximum absolute atomic E-state index is 13.1. The molecular weight excluding hydrogens is 327 g/mol. The van der Waals surface area contributed by atoms with Gasteiger partial charge in [-0.15, -0.1) is 11.3 Å². The zero-order valence-electron chi connectivity index (χ0n) is 13.2. The van der Waals surface area contributed by atoms with Crippen molar-refractivity contribution >= 4 is 23.2 Å². The Kier molecular flexibility index (Phi) is 5.25. The molecular formula is C18H19FN2O2S. The molecule has 1 fully saturated rings. The molecule has 0 saturated carbocycles. The Labute approximate surface area is 144 Å². The van der Waals surface area contributed by atoms with Gasteiger partial charge in [-0.1, -0.05) is 18.2 Å². The van der Waals surface area contributed by atoms with Crippen LogP contribution in [0.2, 0.25) is 0 Å². The van der Waals surface area contributed by atoms with Gasteiger partial charge in [0.2, 0.25) is 5.91 Å². The highest BCUT2D eigenvalue weighted by Gasteiger charge is 2.29. The first-order chi connectivity index (χ1) is 11.6. The summed E-state index contributed by atoms with van der Waals surface area (Å²) in [5, 5.41) is 4.62. The summed E-state index contributed by atoms with van der Waals surface area (Å²) < 4.78 is 13.1. The molecule has 4 nitrogen and oxygen atoms in total. The van der Waals surface area contributed by atoms with Gasteiger partial charge < -0.3 is 10.2 Å². The van der Waals surface area contributed by atoms with Gasteiger partial charge >= 0.3 is 0 Å². The number of hydrogen-bond donors (Lipinski definition) is 1. The first kappa shape index (κ1) is 16.6. The molecule has 1 N–H and O–H groups in total. The van der Waals surface area contributed by atoms with Crippen molar-refractivity contribution in [2.75, 3.05) is 13.1 Å². The molecule has 24 heavy (non-hydrogen) atoms. The van der Waals surface area contributed by atoms with Gasteiger partial charge in [-0.2, -0.15) is 0 Å². The van der Waals surface area contributed by atoms with Crippen LogP contribution in [0.1, 0.15) is 40.5 Å². The molecule has 1 saturated heterocycles. The Balaban J connectivity index is 1.54. The second-order valence-corrected chi connectivity index (χ2v) is 6.73. The number of thiophene rings is 1. The van der Waals surface area contributed by atoms with E-state index in [9.17, 15) is 14.0 Å². The number of halogens is 1. The summed E-state index contributed by atoms with van der Waals surface area (Å²) in [6.45, 7) is 1.03. The van der Waals surface area contributed by atoms with E-state index in [1.165, 1.54) is 23.5 Å². The Hall–Kier alpha value is -2.21. The van der Waals surface area contributed by atoms with Gasteiger partial charge in [-0.3, -0.25) is 9.59 Å². The first-order valence-corrected chi connectivity index (χ1v) is 8.90.